The molecule has 1 amide bonds. The van der Waals surface area contributed by atoms with Gasteiger partial charge in [-0.3, -0.25) is 20.2 Å². The van der Waals surface area contributed by atoms with Gasteiger partial charge in [-0.1, -0.05) is 32.9 Å². The molecular formula is C14H23N3O4. The van der Waals surface area contributed by atoms with Gasteiger partial charge in [0.25, 0.3) is 0 Å². The number of rotatable bonds is 8. The molecule has 0 aromatic carbocycles. The molecule has 0 atom stereocenters. The van der Waals surface area contributed by atoms with Crippen molar-refractivity contribution >= 4 is 17.8 Å². The Labute approximate surface area is 124 Å². The molecule has 7 nitrogen and oxygen atoms in total. The van der Waals surface area contributed by atoms with Crippen molar-refractivity contribution in [3.63, 3.8) is 0 Å². The van der Waals surface area contributed by atoms with E-state index in [1.54, 1.807) is 19.9 Å². The summed E-state index contributed by atoms with van der Waals surface area (Å²) in [5.74, 6) is -0.854. The predicted octanol–water partition coefficient (Wildman–Crippen LogP) is 1.97. The van der Waals surface area contributed by atoms with Gasteiger partial charge in [0.05, 0.1) is 12.2 Å². The number of anilines is 1. The highest BCUT2D eigenvalue weighted by Gasteiger charge is 2.34. The molecule has 1 rings (SSSR count). The van der Waals surface area contributed by atoms with Gasteiger partial charge in [-0.25, -0.2) is 0 Å². The summed E-state index contributed by atoms with van der Waals surface area (Å²) in [6.45, 7) is 7.37. The smallest absolute Gasteiger partial charge is 0.323 e. The lowest BCUT2D eigenvalue weighted by Crippen LogP contribution is -2.53. The van der Waals surface area contributed by atoms with E-state index in [4.69, 9.17) is 4.52 Å². The van der Waals surface area contributed by atoms with Crippen LogP contribution in [-0.2, 0) is 9.59 Å². The highest BCUT2D eigenvalue weighted by Crippen LogP contribution is 2.18. The number of nitrogens with one attached hydrogen (secondary N) is 2. The summed E-state index contributed by atoms with van der Waals surface area (Å²) >= 11 is 0. The molecule has 0 spiro atoms. The summed E-state index contributed by atoms with van der Waals surface area (Å²) in [7, 11) is 0. The standard InChI is InChI=1S/C14H23N3O4/c1-5-14(6-2,13(19)20)15-8-11(18)16-12-7-10(9(3)4)17-21-12/h7,9,15H,5-6,8H2,1-4H3,(H,16,18)(H,19,20). The fourth-order valence-corrected chi connectivity index (χ4v) is 1.93. The van der Waals surface area contributed by atoms with Gasteiger partial charge in [0.2, 0.25) is 11.8 Å². The van der Waals surface area contributed by atoms with Gasteiger partial charge in [0.15, 0.2) is 0 Å². The lowest BCUT2D eigenvalue weighted by Gasteiger charge is -2.27. The first-order valence-corrected chi connectivity index (χ1v) is 7.09. The molecule has 7 heteroatoms. The van der Waals surface area contributed by atoms with Crippen LogP contribution >= 0.6 is 0 Å². The zero-order chi connectivity index (χ0) is 16.0. The monoisotopic (exact) mass is 297 g/mol. The largest absolute Gasteiger partial charge is 0.480 e. The molecule has 0 unspecified atom stereocenters. The number of hydrogen-bond acceptors (Lipinski definition) is 5. The Morgan fingerprint density at radius 3 is 2.43 bits per heavy atom. The molecule has 21 heavy (non-hydrogen) atoms. The normalized spacial score (nSPS) is 11.7. The molecule has 3 N–H and O–H groups in total. The van der Waals surface area contributed by atoms with E-state index in [2.05, 4.69) is 15.8 Å². The topological polar surface area (TPSA) is 104 Å². The van der Waals surface area contributed by atoms with E-state index in [0.717, 1.165) is 5.69 Å². The number of carboxylic acids is 1. The molecular weight excluding hydrogens is 274 g/mol. The number of carboxylic acid groups (broad SMARTS) is 1. The Morgan fingerprint density at radius 2 is 2.00 bits per heavy atom. The average molecular weight is 297 g/mol. The molecule has 1 heterocycles. The minimum absolute atomic E-state index is 0.105. The van der Waals surface area contributed by atoms with Crippen molar-refractivity contribution in [1.82, 2.24) is 10.5 Å². The van der Waals surface area contributed by atoms with E-state index >= 15 is 0 Å². The summed E-state index contributed by atoms with van der Waals surface area (Å²) in [6.07, 6.45) is 0.790. The quantitative estimate of drug-likeness (QED) is 0.677. The van der Waals surface area contributed by atoms with Crippen molar-refractivity contribution < 1.29 is 19.2 Å². The van der Waals surface area contributed by atoms with Crippen LogP contribution in [0.2, 0.25) is 0 Å². The molecule has 118 valence electrons. The number of amides is 1. The van der Waals surface area contributed by atoms with Crippen LogP contribution in [0.25, 0.3) is 0 Å². The molecule has 0 radical (unpaired) electrons. The second-order valence-electron chi connectivity index (χ2n) is 5.27. The number of hydrogen-bond donors (Lipinski definition) is 3. The van der Waals surface area contributed by atoms with Crippen molar-refractivity contribution in [3.8, 4) is 0 Å². The first-order chi connectivity index (χ1) is 9.84. The lowest BCUT2D eigenvalue weighted by atomic mass is 9.93. The van der Waals surface area contributed by atoms with Gasteiger partial charge in [-0.05, 0) is 18.8 Å². The maximum Gasteiger partial charge on any atom is 0.323 e. The van der Waals surface area contributed by atoms with Crippen molar-refractivity contribution in [3.05, 3.63) is 11.8 Å². The third-order valence-corrected chi connectivity index (χ3v) is 3.59. The summed E-state index contributed by atoms with van der Waals surface area (Å²) < 4.78 is 5.00. The molecule has 0 saturated heterocycles. The van der Waals surface area contributed by atoms with E-state index in [1.165, 1.54) is 0 Å². The second kappa shape index (κ2) is 7.21. The van der Waals surface area contributed by atoms with Gasteiger partial charge in [0, 0.05) is 6.07 Å². The van der Waals surface area contributed by atoms with Crippen LogP contribution in [0.4, 0.5) is 5.88 Å². The molecule has 0 aliphatic rings. The van der Waals surface area contributed by atoms with Crippen LogP contribution in [0, 0.1) is 0 Å². The highest BCUT2D eigenvalue weighted by atomic mass is 16.5. The third kappa shape index (κ3) is 4.29. The van der Waals surface area contributed by atoms with Crippen molar-refractivity contribution in [2.45, 2.75) is 52.0 Å². The number of carbonyl (C=O) groups is 2. The molecule has 0 bridgehead atoms. The van der Waals surface area contributed by atoms with Crippen LogP contribution in [0.3, 0.4) is 0 Å². The average Bonchev–Trinajstić information content (AvgIpc) is 2.88. The number of nitrogens with zero attached hydrogens (tertiary/aromatic N) is 1. The Bertz CT molecular complexity index is 492. The van der Waals surface area contributed by atoms with Gasteiger partial charge in [-0.15, -0.1) is 0 Å². The van der Waals surface area contributed by atoms with Gasteiger partial charge < -0.3 is 9.63 Å². The summed E-state index contributed by atoms with van der Waals surface area (Å²) in [6, 6.07) is 1.66. The number of aliphatic carboxylic acids is 1. The Hall–Kier alpha value is -1.89. The maximum atomic E-state index is 11.8. The Kier molecular flexibility index (Phi) is 5.90. The number of carbonyl (C=O) groups excluding carboxylic acids is 1. The van der Waals surface area contributed by atoms with E-state index in [9.17, 15) is 14.7 Å². The zero-order valence-corrected chi connectivity index (χ0v) is 12.9. The van der Waals surface area contributed by atoms with Crippen LogP contribution in [-0.4, -0.2) is 34.2 Å². The van der Waals surface area contributed by atoms with E-state index in [1.807, 2.05) is 13.8 Å². The van der Waals surface area contributed by atoms with Crippen LogP contribution in [0.5, 0.6) is 0 Å². The van der Waals surface area contributed by atoms with E-state index in [-0.39, 0.29) is 24.3 Å². The SMILES string of the molecule is CCC(CC)(NCC(=O)Nc1cc(C(C)C)no1)C(=O)O. The third-order valence-electron chi connectivity index (χ3n) is 3.59. The molecule has 0 fully saturated rings. The van der Waals surface area contributed by atoms with Gasteiger partial charge in [-0.2, -0.15) is 0 Å². The summed E-state index contributed by atoms with van der Waals surface area (Å²) in [5, 5.41) is 18.5. The minimum atomic E-state index is -1.08. The van der Waals surface area contributed by atoms with Crippen LogP contribution in [0.1, 0.15) is 52.1 Å². The molecule has 0 saturated carbocycles. The van der Waals surface area contributed by atoms with E-state index < -0.39 is 11.5 Å². The van der Waals surface area contributed by atoms with Crippen LogP contribution in [0.15, 0.2) is 10.6 Å². The molecule has 1 aromatic heterocycles. The summed E-state index contributed by atoms with van der Waals surface area (Å²) in [5.41, 5.74) is -0.331. The van der Waals surface area contributed by atoms with Crippen molar-refractivity contribution in [2.75, 3.05) is 11.9 Å². The molecule has 0 aliphatic heterocycles. The van der Waals surface area contributed by atoms with Gasteiger partial charge >= 0.3 is 5.97 Å². The zero-order valence-electron chi connectivity index (χ0n) is 12.9. The Morgan fingerprint density at radius 1 is 1.38 bits per heavy atom. The van der Waals surface area contributed by atoms with E-state index in [0.29, 0.717) is 12.8 Å². The van der Waals surface area contributed by atoms with Crippen molar-refractivity contribution in [2.24, 2.45) is 0 Å². The minimum Gasteiger partial charge on any atom is -0.480 e. The van der Waals surface area contributed by atoms with Crippen LogP contribution < -0.4 is 10.6 Å². The fourth-order valence-electron chi connectivity index (χ4n) is 1.93. The van der Waals surface area contributed by atoms with Gasteiger partial charge in [0.1, 0.15) is 5.54 Å². The molecule has 0 aliphatic carbocycles. The Balaban J connectivity index is 2.58. The van der Waals surface area contributed by atoms with Crippen molar-refractivity contribution in [1.29, 1.82) is 0 Å². The fraction of sp³-hybridized carbons (Fsp3) is 0.643. The lowest BCUT2D eigenvalue weighted by molar-refractivity contribution is -0.145. The molecule has 1 aromatic rings. The first kappa shape index (κ1) is 17.2. The second-order valence-corrected chi connectivity index (χ2v) is 5.27. The maximum absolute atomic E-state index is 11.8. The predicted molar refractivity (Wildman–Crippen MR) is 78.2 cm³/mol. The number of aromatic nitrogens is 1. The highest BCUT2D eigenvalue weighted by molar-refractivity contribution is 5.91. The summed E-state index contributed by atoms with van der Waals surface area (Å²) in [4.78, 5) is 23.1. The first-order valence-electron chi connectivity index (χ1n) is 7.09.